The average molecular weight is 232 g/mol. The molecule has 0 aromatic carbocycles. The first-order valence-corrected chi connectivity index (χ1v) is 5.67. The van der Waals surface area contributed by atoms with Crippen LogP contribution in [-0.2, 0) is 29.3 Å². The predicted octanol–water partition coefficient (Wildman–Crippen LogP) is 0.488. The van der Waals surface area contributed by atoms with Crippen LogP contribution in [0.3, 0.4) is 0 Å². The summed E-state index contributed by atoms with van der Waals surface area (Å²) in [5.74, 6) is -0.262. The number of carbonyl (C=O) groups excluding carboxylic acids is 1. The zero-order valence-electron chi connectivity index (χ0n) is 8.47. The van der Waals surface area contributed by atoms with E-state index in [1.54, 1.807) is 6.08 Å². The van der Waals surface area contributed by atoms with Gasteiger partial charge in [0.1, 0.15) is 12.2 Å². The van der Waals surface area contributed by atoms with Crippen LogP contribution in [0.5, 0.6) is 0 Å². The Hall–Kier alpha value is -0.720. The standard InChI is InChI=1S/C9H12O5S/c1-5-3-6(9(10)12-2)4-7-8(5)14-15(11)13-7/h4-5,7-8H,3H2,1-2H3/t5-,7?,8-,15?/m1/s1. The topological polar surface area (TPSA) is 61.8 Å². The molecular weight excluding hydrogens is 220 g/mol. The van der Waals surface area contributed by atoms with Crippen molar-refractivity contribution in [3.63, 3.8) is 0 Å². The number of methoxy groups -OCH3 is 1. The van der Waals surface area contributed by atoms with Gasteiger partial charge in [0.25, 0.3) is 0 Å². The fourth-order valence-electron chi connectivity index (χ4n) is 1.87. The fraction of sp³-hybridized carbons (Fsp3) is 0.667. The summed E-state index contributed by atoms with van der Waals surface area (Å²) in [6.45, 7) is 1.93. The van der Waals surface area contributed by atoms with Gasteiger partial charge in [0.2, 0.25) is 0 Å². The first-order valence-electron chi connectivity index (χ1n) is 4.67. The smallest absolute Gasteiger partial charge is 0.333 e. The molecule has 2 rings (SSSR count). The number of hydrogen-bond acceptors (Lipinski definition) is 5. The maximum atomic E-state index is 11.3. The minimum atomic E-state index is -1.69. The average Bonchev–Trinajstić information content (AvgIpc) is 2.58. The Morgan fingerprint density at radius 1 is 1.60 bits per heavy atom. The molecule has 1 fully saturated rings. The van der Waals surface area contributed by atoms with Gasteiger partial charge in [0.05, 0.1) is 7.11 Å². The van der Waals surface area contributed by atoms with Crippen molar-refractivity contribution in [2.45, 2.75) is 25.6 Å². The Morgan fingerprint density at radius 3 is 3.00 bits per heavy atom. The number of carbonyl (C=O) groups is 1. The number of fused-ring (bicyclic) bond motifs is 1. The van der Waals surface area contributed by atoms with Gasteiger partial charge in [-0.05, 0) is 18.4 Å². The summed E-state index contributed by atoms with van der Waals surface area (Å²) < 4.78 is 25.8. The number of rotatable bonds is 1. The van der Waals surface area contributed by atoms with Crippen molar-refractivity contribution in [1.82, 2.24) is 0 Å². The molecule has 1 aliphatic heterocycles. The molecule has 0 N–H and O–H groups in total. The summed E-state index contributed by atoms with van der Waals surface area (Å²) in [5.41, 5.74) is 0.564. The molecule has 1 saturated heterocycles. The van der Waals surface area contributed by atoms with Gasteiger partial charge in [-0.25, -0.2) is 4.79 Å². The molecule has 2 unspecified atom stereocenters. The van der Waals surface area contributed by atoms with Gasteiger partial charge in [0, 0.05) is 5.57 Å². The summed E-state index contributed by atoms with van der Waals surface area (Å²) >= 11 is -1.69. The summed E-state index contributed by atoms with van der Waals surface area (Å²) in [7, 11) is 1.34. The van der Waals surface area contributed by atoms with Crippen LogP contribution in [-0.4, -0.2) is 29.5 Å². The maximum absolute atomic E-state index is 11.3. The molecular formula is C9H12O5S. The van der Waals surface area contributed by atoms with Crippen molar-refractivity contribution in [3.05, 3.63) is 11.6 Å². The third kappa shape index (κ3) is 1.97. The minimum Gasteiger partial charge on any atom is -0.466 e. The second kappa shape index (κ2) is 4.03. The van der Waals surface area contributed by atoms with Crippen LogP contribution in [0.1, 0.15) is 13.3 Å². The summed E-state index contributed by atoms with van der Waals surface area (Å²) in [5, 5.41) is 0. The van der Waals surface area contributed by atoms with Gasteiger partial charge in [-0.2, -0.15) is 4.21 Å². The Bertz CT molecular complexity index is 337. The molecule has 84 valence electrons. The van der Waals surface area contributed by atoms with E-state index in [-0.39, 0.29) is 18.0 Å². The van der Waals surface area contributed by atoms with Gasteiger partial charge in [-0.1, -0.05) is 6.92 Å². The first kappa shape index (κ1) is 10.8. The quantitative estimate of drug-likeness (QED) is 0.616. The maximum Gasteiger partial charge on any atom is 0.333 e. The lowest BCUT2D eigenvalue weighted by Crippen LogP contribution is -2.33. The monoisotopic (exact) mass is 232 g/mol. The zero-order chi connectivity index (χ0) is 11.0. The van der Waals surface area contributed by atoms with Gasteiger partial charge >= 0.3 is 17.3 Å². The summed E-state index contributed by atoms with van der Waals surface area (Å²) in [4.78, 5) is 11.3. The van der Waals surface area contributed by atoms with Crippen molar-refractivity contribution < 1.29 is 22.1 Å². The van der Waals surface area contributed by atoms with E-state index in [2.05, 4.69) is 4.74 Å². The molecule has 0 bridgehead atoms. The number of esters is 1. The lowest BCUT2D eigenvalue weighted by atomic mass is 9.86. The highest BCUT2D eigenvalue weighted by molar-refractivity contribution is 7.75. The van der Waals surface area contributed by atoms with Gasteiger partial charge < -0.3 is 4.74 Å². The van der Waals surface area contributed by atoms with Crippen molar-refractivity contribution in [2.24, 2.45) is 5.92 Å². The van der Waals surface area contributed by atoms with E-state index in [0.29, 0.717) is 12.0 Å². The Labute approximate surface area is 90.3 Å². The molecule has 1 heterocycles. The molecule has 0 aromatic heterocycles. The Balaban J connectivity index is 2.21. The van der Waals surface area contributed by atoms with Crippen LogP contribution in [0.15, 0.2) is 11.6 Å². The Morgan fingerprint density at radius 2 is 2.33 bits per heavy atom. The van der Waals surface area contributed by atoms with Crippen molar-refractivity contribution in [3.8, 4) is 0 Å². The van der Waals surface area contributed by atoms with Crippen LogP contribution in [0.25, 0.3) is 0 Å². The van der Waals surface area contributed by atoms with Crippen LogP contribution in [0.4, 0.5) is 0 Å². The molecule has 0 spiro atoms. The SMILES string of the molecule is COC(=O)C1=CC2OS(=O)O[C@@H]2[C@H](C)C1. The summed E-state index contributed by atoms with van der Waals surface area (Å²) in [6.07, 6.45) is 1.58. The highest BCUT2D eigenvalue weighted by atomic mass is 32.2. The van der Waals surface area contributed by atoms with E-state index in [1.807, 2.05) is 6.92 Å². The minimum absolute atomic E-state index is 0.0977. The molecule has 15 heavy (non-hydrogen) atoms. The zero-order valence-corrected chi connectivity index (χ0v) is 9.28. The number of ether oxygens (including phenoxy) is 1. The van der Waals surface area contributed by atoms with Crippen molar-refractivity contribution >= 4 is 17.3 Å². The molecule has 0 amide bonds. The highest BCUT2D eigenvalue weighted by Gasteiger charge is 2.42. The molecule has 0 aromatic rings. The first-order chi connectivity index (χ1) is 7.11. The molecule has 2 aliphatic rings. The molecule has 1 aliphatic carbocycles. The van der Waals surface area contributed by atoms with E-state index in [1.165, 1.54) is 7.11 Å². The van der Waals surface area contributed by atoms with Gasteiger partial charge in [-0.3, -0.25) is 8.37 Å². The van der Waals surface area contributed by atoms with Crippen LogP contribution >= 0.6 is 0 Å². The molecule has 4 atom stereocenters. The van der Waals surface area contributed by atoms with Crippen molar-refractivity contribution in [1.29, 1.82) is 0 Å². The Kier molecular flexibility index (Phi) is 2.90. The van der Waals surface area contributed by atoms with Crippen LogP contribution < -0.4 is 0 Å². The van der Waals surface area contributed by atoms with E-state index >= 15 is 0 Å². The normalized spacial score (nSPS) is 39.5. The molecule has 5 nitrogen and oxygen atoms in total. The van der Waals surface area contributed by atoms with Crippen LogP contribution in [0, 0.1) is 5.92 Å². The second-order valence-corrected chi connectivity index (χ2v) is 4.48. The lowest BCUT2D eigenvalue weighted by molar-refractivity contribution is -0.136. The van der Waals surface area contributed by atoms with E-state index < -0.39 is 17.5 Å². The van der Waals surface area contributed by atoms with Crippen molar-refractivity contribution in [2.75, 3.05) is 7.11 Å². The van der Waals surface area contributed by atoms with Crippen LogP contribution in [0.2, 0.25) is 0 Å². The van der Waals surface area contributed by atoms with E-state index in [9.17, 15) is 9.00 Å². The van der Waals surface area contributed by atoms with E-state index in [4.69, 9.17) is 8.37 Å². The third-order valence-corrected chi connectivity index (χ3v) is 3.38. The third-order valence-electron chi connectivity index (χ3n) is 2.62. The summed E-state index contributed by atoms with van der Waals surface area (Å²) in [6, 6.07) is 0. The predicted molar refractivity (Wildman–Crippen MR) is 51.8 cm³/mol. The fourth-order valence-corrected chi connectivity index (χ4v) is 2.74. The lowest BCUT2D eigenvalue weighted by Gasteiger charge is -2.25. The highest BCUT2D eigenvalue weighted by Crippen LogP contribution is 2.34. The van der Waals surface area contributed by atoms with Gasteiger partial charge in [-0.15, -0.1) is 0 Å². The van der Waals surface area contributed by atoms with Gasteiger partial charge in [0.15, 0.2) is 0 Å². The molecule has 0 radical (unpaired) electrons. The molecule has 6 heteroatoms. The second-order valence-electron chi connectivity index (χ2n) is 3.69. The van der Waals surface area contributed by atoms with E-state index in [0.717, 1.165) is 0 Å². The molecule has 0 saturated carbocycles. The number of hydrogen-bond donors (Lipinski definition) is 0. The largest absolute Gasteiger partial charge is 0.466 e.